The normalized spacial score (nSPS) is 11.1. The van der Waals surface area contributed by atoms with Crippen molar-refractivity contribution >= 4 is 32.9 Å². The monoisotopic (exact) mass is 352 g/mol. The molecule has 4 aromatic rings. The van der Waals surface area contributed by atoms with Crippen molar-refractivity contribution in [1.82, 2.24) is 9.97 Å². The summed E-state index contributed by atoms with van der Waals surface area (Å²) in [7, 11) is 0. The maximum absolute atomic E-state index is 5.93. The molecule has 2 aromatic carbocycles. The van der Waals surface area contributed by atoms with Crippen LogP contribution >= 0.6 is 22.7 Å². The van der Waals surface area contributed by atoms with Gasteiger partial charge in [0.25, 0.3) is 0 Å². The molecular weight excluding hydrogens is 336 g/mol. The Morgan fingerprint density at radius 3 is 2.67 bits per heavy atom. The predicted octanol–water partition coefficient (Wildman–Crippen LogP) is 5.62. The maximum atomic E-state index is 5.93. The molecule has 2 heterocycles. The van der Waals surface area contributed by atoms with Crippen LogP contribution in [0.1, 0.15) is 15.6 Å². The minimum Gasteiger partial charge on any atom is -0.486 e. The molecule has 0 saturated carbocycles. The van der Waals surface area contributed by atoms with Crippen molar-refractivity contribution in [2.45, 2.75) is 20.5 Å². The Hall–Kier alpha value is -2.24. The van der Waals surface area contributed by atoms with Crippen molar-refractivity contribution in [2.75, 3.05) is 0 Å². The van der Waals surface area contributed by atoms with Crippen LogP contribution in [0.4, 0.5) is 0 Å². The second kappa shape index (κ2) is 6.34. The van der Waals surface area contributed by atoms with Gasteiger partial charge in [-0.2, -0.15) is 0 Å². The van der Waals surface area contributed by atoms with Crippen LogP contribution in [-0.2, 0) is 6.61 Å². The van der Waals surface area contributed by atoms with Crippen molar-refractivity contribution < 1.29 is 4.74 Å². The van der Waals surface area contributed by atoms with Crippen molar-refractivity contribution in [3.05, 3.63) is 63.4 Å². The minimum absolute atomic E-state index is 0.494. The third-order valence-electron chi connectivity index (χ3n) is 3.79. The quantitative estimate of drug-likeness (QED) is 0.478. The number of aromatic nitrogens is 2. The first-order chi connectivity index (χ1) is 11.7. The lowest BCUT2D eigenvalue weighted by molar-refractivity contribution is 0.305. The van der Waals surface area contributed by atoms with Crippen LogP contribution in [0.3, 0.4) is 0 Å². The first-order valence-corrected chi connectivity index (χ1v) is 9.39. The third-order valence-corrected chi connectivity index (χ3v) is 5.58. The van der Waals surface area contributed by atoms with Gasteiger partial charge in [0.2, 0.25) is 0 Å². The van der Waals surface area contributed by atoms with Crippen molar-refractivity contribution in [3.63, 3.8) is 0 Å². The van der Waals surface area contributed by atoms with Crippen LogP contribution in [0.5, 0.6) is 5.75 Å². The van der Waals surface area contributed by atoms with Gasteiger partial charge in [-0.05, 0) is 49.7 Å². The first-order valence-electron chi connectivity index (χ1n) is 7.69. The zero-order valence-electron chi connectivity index (χ0n) is 13.4. The van der Waals surface area contributed by atoms with E-state index >= 15 is 0 Å². The summed E-state index contributed by atoms with van der Waals surface area (Å²) in [5.41, 5.74) is 4.40. The Morgan fingerprint density at radius 2 is 1.92 bits per heavy atom. The summed E-state index contributed by atoms with van der Waals surface area (Å²) in [4.78, 5) is 9.16. The molecular formula is C19H16N2OS2. The molecule has 0 unspecified atom stereocenters. The number of benzene rings is 2. The lowest BCUT2D eigenvalue weighted by Crippen LogP contribution is -1.95. The number of aryl methyl sites for hydroxylation is 2. The number of thiazole rings is 2. The van der Waals surface area contributed by atoms with E-state index < -0.39 is 0 Å². The summed E-state index contributed by atoms with van der Waals surface area (Å²) in [5.74, 6) is 0.863. The van der Waals surface area contributed by atoms with Gasteiger partial charge in [-0.3, -0.25) is 0 Å². The SMILES string of the molecule is Cc1nc(-c2ccc(OCc3nc4ccccc4s3)cc2C)cs1. The van der Waals surface area contributed by atoms with Crippen LogP contribution < -0.4 is 4.74 Å². The molecule has 0 N–H and O–H groups in total. The molecule has 0 bridgehead atoms. The number of nitrogens with zero attached hydrogens (tertiary/aromatic N) is 2. The number of hydrogen-bond donors (Lipinski definition) is 0. The standard InChI is InChI=1S/C19H16N2OS2/c1-12-9-14(7-8-15(12)17-11-23-13(2)20-17)22-10-19-21-16-5-3-4-6-18(16)24-19/h3-9,11H,10H2,1-2H3. The highest BCUT2D eigenvalue weighted by Crippen LogP contribution is 2.29. The van der Waals surface area contributed by atoms with E-state index in [1.807, 2.05) is 31.2 Å². The smallest absolute Gasteiger partial charge is 0.140 e. The van der Waals surface area contributed by atoms with E-state index in [0.29, 0.717) is 6.61 Å². The molecule has 0 amide bonds. The Morgan fingerprint density at radius 1 is 1.04 bits per heavy atom. The molecule has 0 radical (unpaired) electrons. The number of hydrogen-bond acceptors (Lipinski definition) is 5. The Labute approximate surface area is 148 Å². The van der Waals surface area contributed by atoms with Gasteiger partial charge in [0.05, 0.1) is 20.9 Å². The summed E-state index contributed by atoms with van der Waals surface area (Å²) in [6, 6.07) is 14.3. The molecule has 2 aromatic heterocycles. The molecule has 0 aliphatic heterocycles. The molecule has 120 valence electrons. The van der Waals surface area contributed by atoms with Crippen molar-refractivity contribution in [2.24, 2.45) is 0 Å². The molecule has 0 atom stereocenters. The number of fused-ring (bicyclic) bond motifs is 1. The number of rotatable bonds is 4. The van der Waals surface area contributed by atoms with Crippen molar-refractivity contribution in [1.29, 1.82) is 0 Å². The highest BCUT2D eigenvalue weighted by atomic mass is 32.1. The number of ether oxygens (including phenoxy) is 1. The Balaban J connectivity index is 1.51. The van der Waals surface area contributed by atoms with E-state index in [1.165, 1.54) is 10.3 Å². The van der Waals surface area contributed by atoms with E-state index in [9.17, 15) is 0 Å². The van der Waals surface area contributed by atoms with E-state index in [0.717, 1.165) is 32.5 Å². The summed E-state index contributed by atoms with van der Waals surface area (Å²) >= 11 is 3.35. The highest BCUT2D eigenvalue weighted by molar-refractivity contribution is 7.18. The average molecular weight is 352 g/mol. The minimum atomic E-state index is 0.494. The van der Waals surface area contributed by atoms with E-state index in [2.05, 4.69) is 40.5 Å². The fourth-order valence-corrected chi connectivity index (χ4v) is 4.12. The van der Waals surface area contributed by atoms with Gasteiger partial charge in [0.15, 0.2) is 0 Å². The van der Waals surface area contributed by atoms with Gasteiger partial charge in [-0.1, -0.05) is 12.1 Å². The van der Waals surface area contributed by atoms with Gasteiger partial charge in [0.1, 0.15) is 17.4 Å². The first kappa shape index (κ1) is 15.3. The van der Waals surface area contributed by atoms with Crippen LogP contribution in [-0.4, -0.2) is 9.97 Å². The van der Waals surface area contributed by atoms with Crippen molar-refractivity contribution in [3.8, 4) is 17.0 Å². The lowest BCUT2D eigenvalue weighted by atomic mass is 10.1. The average Bonchev–Trinajstić information content (AvgIpc) is 3.18. The van der Waals surface area contributed by atoms with E-state index in [-0.39, 0.29) is 0 Å². The molecule has 5 heteroatoms. The van der Waals surface area contributed by atoms with Crippen LogP contribution in [0.15, 0.2) is 47.8 Å². The summed E-state index contributed by atoms with van der Waals surface area (Å²) in [6.45, 7) is 4.61. The van der Waals surface area contributed by atoms with E-state index in [4.69, 9.17) is 4.74 Å². The highest BCUT2D eigenvalue weighted by Gasteiger charge is 2.08. The largest absolute Gasteiger partial charge is 0.486 e. The lowest BCUT2D eigenvalue weighted by Gasteiger charge is -2.08. The molecule has 0 fully saturated rings. The second-order valence-electron chi connectivity index (χ2n) is 5.59. The van der Waals surface area contributed by atoms with Gasteiger partial charge < -0.3 is 4.74 Å². The Kier molecular flexibility index (Phi) is 4.04. The molecule has 0 saturated heterocycles. The molecule has 3 nitrogen and oxygen atoms in total. The molecule has 0 aliphatic carbocycles. The van der Waals surface area contributed by atoms with Gasteiger partial charge in [-0.15, -0.1) is 22.7 Å². The summed E-state index contributed by atoms with van der Waals surface area (Å²) < 4.78 is 7.12. The summed E-state index contributed by atoms with van der Waals surface area (Å²) in [5, 5.41) is 4.17. The molecule has 4 rings (SSSR count). The third kappa shape index (κ3) is 3.05. The zero-order valence-corrected chi connectivity index (χ0v) is 15.1. The second-order valence-corrected chi connectivity index (χ2v) is 7.77. The van der Waals surface area contributed by atoms with Gasteiger partial charge >= 0.3 is 0 Å². The topological polar surface area (TPSA) is 35.0 Å². The van der Waals surface area contributed by atoms with Crippen LogP contribution in [0, 0.1) is 13.8 Å². The van der Waals surface area contributed by atoms with E-state index in [1.54, 1.807) is 22.7 Å². The summed E-state index contributed by atoms with van der Waals surface area (Å²) in [6.07, 6.45) is 0. The fraction of sp³-hybridized carbons (Fsp3) is 0.158. The zero-order chi connectivity index (χ0) is 16.5. The fourth-order valence-electron chi connectivity index (χ4n) is 2.63. The molecule has 0 spiro atoms. The number of para-hydroxylation sites is 1. The van der Waals surface area contributed by atoms with Gasteiger partial charge in [0, 0.05) is 10.9 Å². The Bertz CT molecular complexity index is 970. The van der Waals surface area contributed by atoms with Crippen LogP contribution in [0.25, 0.3) is 21.5 Å². The maximum Gasteiger partial charge on any atom is 0.140 e. The van der Waals surface area contributed by atoms with Crippen LogP contribution in [0.2, 0.25) is 0 Å². The molecule has 0 aliphatic rings. The molecule has 24 heavy (non-hydrogen) atoms. The van der Waals surface area contributed by atoms with Gasteiger partial charge in [-0.25, -0.2) is 9.97 Å². The predicted molar refractivity (Wildman–Crippen MR) is 101 cm³/mol.